The molecule has 1 aliphatic heterocycles. The first-order chi connectivity index (χ1) is 19.6. The number of halogens is 1. The molecule has 1 amide bonds. The minimum atomic E-state index is -0.145. The number of aryl methyl sites for hydroxylation is 2. The molecule has 6 rings (SSSR count). The van der Waals surface area contributed by atoms with Gasteiger partial charge < -0.3 is 4.90 Å². The van der Waals surface area contributed by atoms with E-state index in [0.29, 0.717) is 30.0 Å². The molecule has 2 aromatic carbocycles. The van der Waals surface area contributed by atoms with E-state index in [9.17, 15) is 9.59 Å². The summed E-state index contributed by atoms with van der Waals surface area (Å²) in [6.45, 7) is 10.6. The Hall–Kier alpha value is -3.98. The molecule has 41 heavy (non-hydrogen) atoms. The van der Waals surface area contributed by atoms with Gasteiger partial charge in [-0.15, -0.1) is 0 Å². The van der Waals surface area contributed by atoms with Crippen LogP contribution in [0.1, 0.15) is 59.2 Å². The lowest BCUT2D eigenvalue weighted by atomic mass is 9.97. The van der Waals surface area contributed by atoms with E-state index in [0.717, 1.165) is 50.4 Å². The van der Waals surface area contributed by atoms with Crippen LogP contribution < -0.4 is 5.56 Å². The second-order valence-electron chi connectivity index (χ2n) is 11.4. The van der Waals surface area contributed by atoms with Crippen LogP contribution in [0.5, 0.6) is 0 Å². The van der Waals surface area contributed by atoms with Crippen LogP contribution in [0.25, 0.3) is 17.0 Å². The Balaban J connectivity index is 1.48. The fourth-order valence-corrected chi connectivity index (χ4v) is 5.98. The third kappa shape index (κ3) is 4.82. The highest BCUT2D eigenvalue weighted by atomic mass is 79.9. The largest absolute Gasteiger partial charge is 0.330 e. The highest BCUT2D eigenvalue weighted by Gasteiger charge is 2.33. The van der Waals surface area contributed by atoms with Crippen LogP contribution in [0.4, 0.5) is 0 Å². The molecular formula is C32H33BrN6O2. The fraction of sp³-hybridized carbons (Fsp3) is 0.312. The predicted octanol–water partition coefficient (Wildman–Crippen LogP) is 5.84. The normalized spacial score (nSPS) is 15.1. The van der Waals surface area contributed by atoms with Crippen LogP contribution in [-0.2, 0) is 19.4 Å². The highest BCUT2D eigenvalue weighted by molar-refractivity contribution is 9.10. The van der Waals surface area contributed by atoms with Gasteiger partial charge in [-0.1, -0.05) is 29.8 Å². The summed E-state index contributed by atoms with van der Waals surface area (Å²) in [6, 6.07) is 15.4. The first kappa shape index (κ1) is 27.2. The summed E-state index contributed by atoms with van der Waals surface area (Å²) >= 11 is 3.53. The molecule has 1 atom stereocenters. The second-order valence-corrected chi connectivity index (χ2v) is 12.3. The minimum absolute atomic E-state index is 0.0462. The zero-order chi connectivity index (χ0) is 29.0. The molecule has 0 spiro atoms. The van der Waals surface area contributed by atoms with Crippen molar-refractivity contribution < 1.29 is 4.79 Å². The van der Waals surface area contributed by atoms with E-state index in [2.05, 4.69) is 34.9 Å². The molecule has 0 saturated carbocycles. The Bertz CT molecular complexity index is 1850. The molecule has 5 aromatic rings. The molecule has 3 aromatic heterocycles. The average molecular weight is 614 g/mol. The standard InChI is InChI=1S/C32H33BrN6O2/c1-19(2)14-24-17-34-39-29-18-36(31(40)23-6-11-28(33)20(3)15-23)22(5)16-27(29)32(41)38(30(24)39)26-9-7-25(8-10-26)37-13-12-21(4)35-37/h6-13,15,17,19,22H,14,16,18H2,1-5H3. The van der Waals surface area contributed by atoms with E-state index in [4.69, 9.17) is 5.10 Å². The van der Waals surface area contributed by atoms with Crippen molar-refractivity contribution in [2.45, 2.75) is 60.0 Å². The third-order valence-electron chi connectivity index (χ3n) is 7.83. The van der Waals surface area contributed by atoms with Crippen molar-refractivity contribution in [3.63, 3.8) is 0 Å². The Morgan fingerprint density at radius 1 is 1.07 bits per heavy atom. The average Bonchev–Trinajstić information content (AvgIpc) is 3.56. The highest BCUT2D eigenvalue weighted by Crippen LogP contribution is 2.28. The van der Waals surface area contributed by atoms with E-state index in [1.165, 1.54) is 0 Å². The molecule has 0 bridgehead atoms. The van der Waals surface area contributed by atoms with Gasteiger partial charge in [0.15, 0.2) is 0 Å². The van der Waals surface area contributed by atoms with E-state index < -0.39 is 0 Å². The molecule has 210 valence electrons. The second kappa shape index (κ2) is 10.4. The molecule has 4 heterocycles. The molecular weight excluding hydrogens is 580 g/mol. The maximum Gasteiger partial charge on any atom is 0.261 e. The van der Waals surface area contributed by atoms with Gasteiger partial charge in [-0.3, -0.25) is 14.2 Å². The lowest BCUT2D eigenvalue weighted by Gasteiger charge is -2.35. The Kier molecular flexibility index (Phi) is 6.93. The molecule has 8 nitrogen and oxygen atoms in total. The van der Waals surface area contributed by atoms with Crippen LogP contribution in [-0.4, -0.2) is 40.8 Å². The van der Waals surface area contributed by atoms with E-state index >= 15 is 0 Å². The maximum absolute atomic E-state index is 14.3. The van der Waals surface area contributed by atoms with Gasteiger partial charge >= 0.3 is 0 Å². The van der Waals surface area contributed by atoms with Crippen molar-refractivity contribution in [1.29, 1.82) is 0 Å². The van der Waals surface area contributed by atoms with Gasteiger partial charge in [-0.05, 0) is 93.6 Å². The third-order valence-corrected chi connectivity index (χ3v) is 8.72. The van der Waals surface area contributed by atoms with Gasteiger partial charge in [-0.25, -0.2) is 9.20 Å². The van der Waals surface area contributed by atoms with E-state index in [1.807, 2.05) is 95.8 Å². The predicted molar refractivity (Wildman–Crippen MR) is 163 cm³/mol. The molecule has 0 N–H and O–H groups in total. The minimum Gasteiger partial charge on any atom is -0.330 e. The van der Waals surface area contributed by atoms with Gasteiger partial charge in [0.1, 0.15) is 5.65 Å². The zero-order valence-corrected chi connectivity index (χ0v) is 25.5. The van der Waals surface area contributed by atoms with Gasteiger partial charge in [0.2, 0.25) is 0 Å². The van der Waals surface area contributed by atoms with E-state index in [-0.39, 0.29) is 17.5 Å². The van der Waals surface area contributed by atoms with Gasteiger partial charge in [0.05, 0.1) is 35.5 Å². The van der Waals surface area contributed by atoms with E-state index in [1.54, 1.807) is 4.57 Å². The number of carbonyl (C=O) groups excluding carboxylic acids is 1. The number of benzene rings is 2. The maximum atomic E-state index is 14.3. The number of aromatic nitrogens is 5. The monoisotopic (exact) mass is 612 g/mol. The van der Waals surface area contributed by atoms with Crippen molar-refractivity contribution >= 4 is 27.5 Å². The number of amides is 1. The lowest BCUT2D eigenvalue weighted by Crippen LogP contribution is -2.46. The SMILES string of the molecule is Cc1ccn(-c2ccc(-n3c(=O)c4c(n5ncc(CC(C)C)c35)CN(C(=O)c3ccc(Br)c(C)c3)C(C)C4)cc2)n1. The number of fused-ring (bicyclic) bond motifs is 3. The Morgan fingerprint density at radius 3 is 2.46 bits per heavy atom. The molecule has 1 aliphatic rings. The molecule has 0 fully saturated rings. The van der Waals surface area contributed by atoms with Crippen molar-refractivity contribution in [2.24, 2.45) is 5.92 Å². The quantitative estimate of drug-likeness (QED) is 0.250. The molecule has 9 heteroatoms. The van der Waals surface area contributed by atoms with Crippen LogP contribution in [0.15, 0.2) is 70.2 Å². The van der Waals surface area contributed by atoms with Crippen molar-refractivity contribution in [2.75, 3.05) is 0 Å². The number of carbonyl (C=O) groups is 1. The zero-order valence-electron chi connectivity index (χ0n) is 23.9. The van der Waals surface area contributed by atoms with Crippen LogP contribution in [0.3, 0.4) is 0 Å². The molecule has 0 radical (unpaired) electrons. The topological polar surface area (TPSA) is 77.4 Å². The lowest BCUT2D eigenvalue weighted by molar-refractivity contribution is 0.0651. The first-order valence-electron chi connectivity index (χ1n) is 14.0. The fourth-order valence-electron chi connectivity index (χ4n) is 5.74. The summed E-state index contributed by atoms with van der Waals surface area (Å²) in [4.78, 5) is 29.8. The number of nitrogens with zero attached hydrogens (tertiary/aromatic N) is 6. The van der Waals surface area contributed by atoms with Crippen LogP contribution >= 0.6 is 15.9 Å². The van der Waals surface area contributed by atoms with Crippen molar-refractivity contribution in [3.05, 3.63) is 109 Å². The smallest absolute Gasteiger partial charge is 0.261 e. The van der Waals surface area contributed by atoms with Crippen molar-refractivity contribution in [1.82, 2.24) is 28.9 Å². The molecule has 0 saturated heterocycles. The number of hydrogen-bond donors (Lipinski definition) is 0. The Labute approximate surface area is 247 Å². The van der Waals surface area contributed by atoms with Gasteiger partial charge in [-0.2, -0.15) is 10.2 Å². The summed E-state index contributed by atoms with van der Waals surface area (Å²) in [5, 5.41) is 9.30. The summed E-state index contributed by atoms with van der Waals surface area (Å²) in [7, 11) is 0. The summed E-state index contributed by atoms with van der Waals surface area (Å²) < 4.78 is 6.48. The van der Waals surface area contributed by atoms with Crippen molar-refractivity contribution in [3.8, 4) is 11.4 Å². The van der Waals surface area contributed by atoms with Gasteiger partial charge in [0.25, 0.3) is 11.5 Å². The summed E-state index contributed by atoms with van der Waals surface area (Å²) in [5.41, 5.74) is 7.47. The summed E-state index contributed by atoms with van der Waals surface area (Å²) in [5.74, 6) is 0.335. The van der Waals surface area contributed by atoms with Crippen LogP contribution in [0.2, 0.25) is 0 Å². The first-order valence-corrected chi connectivity index (χ1v) is 14.7. The molecule has 0 aliphatic carbocycles. The number of hydrogen-bond acceptors (Lipinski definition) is 4. The molecule has 1 unspecified atom stereocenters. The Morgan fingerprint density at radius 2 is 1.80 bits per heavy atom. The van der Waals surface area contributed by atoms with Crippen LogP contribution in [0, 0.1) is 19.8 Å². The number of rotatable bonds is 5. The summed E-state index contributed by atoms with van der Waals surface area (Å²) in [6.07, 6.45) is 5.03. The van der Waals surface area contributed by atoms with Gasteiger partial charge in [0, 0.05) is 33.4 Å².